The zero-order chi connectivity index (χ0) is 23.3. The summed E-state index contributed by atoms with van der Waals surface area (Å²) in [7, 11) is 0. The molecule has 2 aromatic carbocycles. The molecule has 0 bridgehead atoms. The quantitative estimate of drug-likeness (QED) is 0.412. The van der Waals surface area contributed by atoms with E-state index < -0.39 is 24.6 Å². The Morgan fingerprint density at radius 2 is 1.62 bits per heavy atom. The van der Waals surface area contributed by atoms with Crippen molar-refractivity contribution in [3.05, 3.63) is 72.2 Å². The molecule has 0 radical (unpaired) electrons. The first-order valence-electron chi connectivity index (χ1n) is 10.9. The summed E-state index contributed by atoms with van der Waals surface area (Å²) in [4.78, 5) is 10.8. The van der Waals surface area contributed by atoms with Gasteiger partial charge in [0.1, 0.15) is 5.82 Å². The van der Waals surface area contributed by atoms with Crippen LogP contribution < -0.4 is 0 Å². The van der Waals surface area contributed by atoms with Crippen LogP contribution in [0.1, 0.15) is 44.7 Å². The number of carboxylic acid groups (broad SMARTS) is 1. The summed E-state index contributed by atoms with van der Waals surface area (Å²) in [6, 6.07) is 18.5. The lowest BCUT2D eigenvalue weighted by molar-refractivity contribution is -0.139. The van der Waals surface area contributed by atoms with E-state index in [1.54, 1.807) is 12.1 Å². The molecule has 0 unspecified atom stereocenters. The van der Waals surface area contributed by atoms with Crippen molar-refractivity contribution in [2.75, 3.05) is 0 Å². The molecule has 170 valence electrons. The molecule has 0 spiro atoms. The Morgan fingerprint density at radius 3 is 2.22 bits per heavy atom. The molecular weight excluding hydrogens is 409 g/mol. The van der Waals surface area contributed by atoms with Gasteiger partial charge in [0.25, 0.3) is 0 Å². The molecule has 0 aliphatic carbocycles. The minimum absolute atomic E-state index is 0.00199. The highest BCUT2D eigenvalue weighted by atomic mass is 19.1. The zero-order valence-electron chi connectivity index (χ0n) is 18.4. The van der Waals surface area contributed by atoms with E-state index in [1.807, 2.05) is 30.3 Å². The van der Waals surface area contributed by atoms with Crippen molar-refractivity contribution >= 4 is 5.97 Å². The number of aliphatic carboxylic acids is 1. The normalized spacial score (nSPS) is 13.3. The minimum atomic E-state index is -1.09. The van der Waals surface area contributed by atoms with Crippen LogP contribution in [0.3, 0.4) is 0 Å². The summed E-state index contributed by atoms with van der Waals surface area (Å²) in [5.74, 6) is -1.19. The summed E-state index contributed by atoms with van der Waals surface area (Å²) in [5, 5.41) is 29.1. The van der Waals surface area contributed by atoms with Gasteiger partial charge in [0.2, 0.25) is 0 Å². The maximum absolute atomic E-state index is 13.6. The molecule has 3 aromatic rings. The molecule has 1 heterocycles. The SMILES string of the molecule is CC(C)c1cc(-c2ccccc2)c(-c2ccc(F)cc2)n1CC[C@@H](O)C[C@@H](O)CC(=O)O. The molecule has 0 aliphatic heterocycles. The number of nitrogens with zero attached hydrogens (tertiary/aromatic N) is 1. The van der Waals surface area contributed by atoms with Gasteiger partial charge in [-0.3, -0.25) is 4.79 Å². The van der Waals surface area contributed by atoms with Crippen LogP contribution >= 0.6 is 0 Å². The molecule has 0 fully saturated rings. The largest absolute Gasteiger partial charge is 0.481 e. The number of hydrogen-bond acceptors (Lipinski definition) is 3. The number of aromatic nitrogens is 1. The Bertz CT molecular complexity index is 1030. The molecule has 0 amide bonds. The zero-order valence-corrected chi connectivity index (χ0v) is 18.4. The second-order valence-electron chi connectivity index (χ2n) is 8.44. The molecular formula is C26H30FNO4. The summed E-state index contributed by atoms with van der Waals surface area (Å²) < 4.78 is 15.8. The van der Waals surface area contributed by atoms with E-state index in [0.717, 1.165) is 28.1 Å². The fraction of sp³-hybridized carbons (Fsp3) is 0.346. The molecule has 1 aromatic heterocycles. The van der Waals surface area contributed by atoms with E-state index >= 15 is 0 Å². The fourth-order valence-electron chi connectivity index (χ4n) is 4.04. The molecule has 3 rings (SSSR count). The molecule has 0 saturated heterocycles. The van der Waals surface area contributed by atoms with Crippen LogP contribution in [0, 0.1) is 5.82 Å². The highest BCUT2D eigenvalue weighted by Crippen LogP contribution is 2.38. The third kappa shape index (κ3) is 5.84. The van der Waals surface area contributed by atoms with E-state index in [0.29, 0.717) is 13.0 Å². The molecule has 2 atom stereocenters. The summed E-state index contributed by atoms with van der Waals surface area (Å²) >= 11 is 0. The number of halogens is 1. The van der Waals surface area contributed by atoms with Crippen LogP contribution in [0.25, 0.3) is 22.4 Å². The van der Waals surface area contributed by atoms with E-state index in [2.05, 4.69) is 24.5 Å². The molecule has 6 heteroatoms. The maximum atomic E-state index is 13.6. The maximum Gasteiger partial charge on any atom is 0.305 e. The number of rotatable bonds is 10. The molecule has 5 nitrogen and oxygen atoms in total. The summed E-state index contributed by atoms with van der Waals surface area (Å²) in [5.41, 5.74) is 4.98. The average Bonchev–Trinajstić information content (AvgIpc) is 3.12. The van der Waals surface area contributed by atoms with Crippen molar-refractivity contribution in [1.29, 1.82) is 0 Å². The number of carboxylic acids is 1. The highest BCUT2D eigenvalue weighted by molar-refractivity contribution is 5.82. The Labute approximate surface area is 187 Å². The Morgan fingerprint density at radius 1 is 0.969 bits per heavy atom. The van der Waals surface area contributed by atoms with E-state index in [4.69, 9.17) is 5.11 Å². The lowest BCUT2D eigenvalue weighted by Crippen LogP contribution is -2.22. The van der Waals surface area contributed by atoms with Crippen molar-refractivity contribution in [2.24, 2.45) is 0 Å². The van der Waals surface area contributed by atoms with Gasteiger partial charge in [-0.15, -0.1) is 0 Å². The van der Waals surface area contributed by atoms with Crippen molar-refractivity contribution in [2.45, 2.75) is 57.8 Å². The number of benzene rings is 2. The topological polar surface area (TPSA) is 82.7 Å². The second kappa shape index (κ2) is 10.6. The first-order chi connectivity index (χ1) is 15.3. The Balaban J connectivity index is 1.99. The predicted octanol–water partition coefficient (Wildman–Crippen LogP) is 5.06. The van der Waals surface area contributed by atoms with Crippen molar-refractivity contribution in [3.8, 4) is 22.4 Å². The van der Waals surface area contributed by atoms with Gasteiger partial charge in [-0.1, -0.05) is 44.2 Å². The van der Waals surface area contributed by atoms with Crippen LogP contribution in [0.5, 0.6) is 0 Å². The van der Waals surface area contributed by atoms with Gasteiger partial charge in [0.05, 0.1) is 24.3 Å². The number of carbonyl (C=O) groups is 1. The monoisotopic (exact) mass is 439 g/mol. The van der Waals surface area contributed by atoms with Gasteiger partial charge in [-0.25, -0.2) is 4.39 Å². The van der Waals surface area contributed by atoms with Gasteiger partial charge < -0.3 is 19.9 Å². The van der Waals surface area contributed by atoms with Gasteiger partial charge in [0.15, 0.2) is 0 Å². The molecule has 32 heavy (non-hydrogen) atoms. The first-order valence-corrected chi connectivity index (χ1v) is 10.9. The van der Waals surface area contributed by atoms with Gasteiger partial charge >= 0.3 is 5.97 Å². The fourth-order valence-corrected chi connectivity index (χ4v) is 4.04. The highest BCUT2D eigenvalue weighted by Gasteiger charge is 2.21. The lowest BCUT2D eigenvalue weighted by Gasteiger charge is -2.20. The summed E-state index contributed by atoms with van der Waals surface area (Å²) in [6.07, 6.45) is -1.96. The average molecular weight is 440 g/mol. The summed E-state index contributed by atoms with van der Waals surface area (Å²) in [6.45, 7) is 4.68. The molecule has 0 saturated carbocycles. The smallest absolute Gasteiger partial charge is 0.305 e. The van der Waals surface area contributed by atoms with Gasteiger partial charge in [-0.2, -0.15) is 0 Å². The third-order valence-electron chi connectivity index (χ3n) is 5.56. The van der Waals surface area contributed by atoms with Gasteiger partial charge in [0, 0.05) is 17.8 Å². The van der Waals surface area contributed by atoms with Gasteiger partial charge in [-0.05, 0) is 60.2 Å². The van der Waals surface area contributed by atoms with Crippen molar-refractivity contribution in [3.63, 3.8) is 0 Å². The van der Waals surface area contributed by atoms with E-state index in [9.17, 15) is 19.4 Å². The minimum Gasteiger partial charge on any atom is -0.481 e. The Hall–Kier alpha value is -2.96. The van der Waals surface area contributed by atoms with Crippen LogP contribution in [0.4, 0.5) is 4.39 Å². The lowest BCUT2D eigenvalue weighted by atomic mass is 10.0. The van der Waals surface area contributed by atoms with E-state index in [1.165, 1.54) is 12.1 Å². The predicted molar refractivity (Wildman–Crippen MR) is 123 cm³/mol. The first kappa shape index (κ1) is 23.7. The standard InChI is InChI=1S/C26H30FNO4/c1-17(2)24-16-23(18-6-4-3-5-7-18)26(19-8-10-20(27)11-9-19)28(24)13-12-21(29)14-22(30)15-25(31)32/h3-11,16-17,21-22,29-30H,12-15H2,1-2H3,(H,31,32)/t21-,22-/m1/s1. The number of hydrogen-bond donors (Lipinski definition) is 3. The number of aliphatic hydroxyl groups is 2. The van der Waals surface area contributed by atoms with Crippen molar-refractivity contribution < 1.29 is 24.5 Å². The van der Waals surface area contributed by atoms with Crippen molar-refractivity contribution in [1.82, 2.24) is 4.57 Å². The molecule has 0 aliphatic rings. The second-order valence-corrected chi connectivity index (χ2v) is 8.44. The van der Waals surface area contributed by atoms with Crippen LogP contribution in [-0.4, -0.2) is 38.1 Å². The van der Waals surface area contributed by atoms with Crippen LogP contribution in [0.2, 0.25) is 0 Å². The Kier molecular flexibility index (Phi) is 7.83. The van der Waals surface area contributed by atoms with Crippen LogP contribution in [0.15, 0.2) is 60.7 Å². The third-order valence-corrected chi connectivity index (χ3v) is 5.56. The molecule has 3 N–H and O–H groups in total. The number of aliphatic hydroxyl groups excluding tert-OH is 2. The van der Waals surface area contributed by atoms with E-state index in [-0.39, 0.29) is 18.2 Å². The van der Waals surface area contributed by atoms with Crippen LogP contribution in [-0.2, 0) is 11.3 Å².